The summed E-state index contributed by atoms with van der Waals surface area (Å²) >= 11 is 0. The Labute approximate surface area is 128 Å². The van der Waals surface area contributed by atoms with Crippen LogP contribution >= 0.6 is 0 Å². The molecule has 2 heteroatoms. The van der Waals surface area contributed by atoms with Crippen LogP contribution in [0.15, 0.2) is 0 Å². The van der Waals surface area contributed by atoms with Gasteiger partial charge in [-0.15, -0.1) is 0 Å². The van der Waals surface area contributed by atoms with E-state index in [-0.39, 0.29) is 0 Å². The SMILES string of the molecule is CCCNCCCCCCCCCCNC(C)CCC. The number of hydrogen-bond donors (Lipinski definition) is 2. The van der Waals surface area contributed by atoms with Gasteiger partial charge >= 0.3 is 0 Å². The van der Waals surface area contributed by atoms with E-state index in [2.05, 4.69) is 31.4 Å². The van der Waals surface area contributed by atoms with Gasteiger partial charge in [-0.2, -0.15) is 0 Å². The van der Waals surface area contributed by atoms with E-state index in [9.17, 15) is 0 Å². The van der Waals surface area contributed by atoms with Gasteiger partial charge in [0.25, 0.3) is 0 Å². The summed E-state index contributed by atoms with van der Waals surface area (Å²) in [5.41, 5.74) is 0. The van der Waals surface area contributed by atoms with Gasteiger partial charge in [0.05, 0.1) is 0 Å². The molecule has 0 bridgehead atoms. The summed E-state index contributed by atoms with van der Waals surface area (Å²) in [6.07, 6.45) is 15.1. The van der Waals surface area contributed by atoms with E-state index in [0.29, 0.717) is 6.04 Å². The van der Waals surface area contributed by atoms with Crippen molar-refractivity contribution in [1.82, 2.24) is 10.6 Å². The average Bonchev–Trinajstić information content (AvgIpc) is 2.44. The maximum Gasteiger partial charge on any atom is 0.00386 e. The molecule has 0 aromatic heterocycles. The zero-order valence-corrected chi connectivity index (χ0v) is 14.5. The molecule has 2 nitrogen and oxygen atoms in total. The minimum absolute atomic E-state index is 0.710. The predicted molar refractivity (Wildman–Crippen MR) is 92.5 cm³/mol. The Morgan fingerprint density at radius 2 is 1.20 bits per heavy atom. The highest BCUT2D eigenvalue weighted by Crippen LogP contribution is 2.08. The van der Waals surface area contributed by atoms with Crippen LogP contribution in [0.4, 0.5) is 0 Å². The van der Waals surface area contributed by atoms with Crippen molar-refractivity contribution in [2.45, 2.75) is 97.4 Å². The molecule has 0 fully saturated rings. The van der Waals surface area contributed by atoms with Crippen molar-refractivity contribution in [3.63, 3.8) is 0 Å². The second kappa shape index (κ2) is 17.0. The Bertz CT molecular complexity index is 171. The monoisotopic (exact) mass is 284 g/mol. The van der Waals surface area contributed by atoms with Crippen molar-refractivity contribution in [3.8, 4) is 0 Å². The minimum atomic E-state index is 0.710. The summed E-state index contributed by atoms with van der Waals surface area (Å²) in [4.78, 5) is 0. The van der Waals surface area contributed by atoms with Crippen LogP contribution in [0.2, 0.25) is 0 Å². The molecule has 0 aromatic carbocycles. The van der Waals surface area contributed by atoms with Gasteiger partial charge in [-0.25, -0.2) is 0 Å². The molecule has 2 N–H and O–H groups in total. The Balaban J connectivity index is 2.99. The van der Waals surface area contributed by atoms with Crippen LogP contribution in [0.1, 0.15) is 91.4 Å². The molecule has 0 rings (SSSR count). The first kappa shape index (κ1) is 19.9. The van der Waals surface area contributed by atoms with E-state index in [0.717, 1.165) is 0 Å². The zero-order chi connectivity index (χ0) is 14.9. The lowest BCUT2D eigenvalue weighted by Gasteiger charge is -2.12. The fraction of sp³-hybridized carbons (Fsp3) is 1.00. The lowest BCUT2D eigenvalue weighted by Crippen LogP contribution is -2.26. The molecule has 0 saturated heterocycles. The maximum absolute atomic E-state index is 3.61. The Morgan fingerprint density at radius 1 is 0.650 bits per heavy atom. The first-order chi connectivity index (χ1) is 9.81. The number of nitrogens with one attached hydrogen (secondary N) is 2. The van der Waals surface area contributed by atoms with Gasteiger partial charge in [0.15, 0.2) is 0 Å². The van der Waals surface area contributed by atoms with Crippen LogP contribution < -0.4 is 10.6 Å². The second-order valence-corrected chi connectivity index (χ2v) is 6.22. The molecule has 122 valence electrons. The lowest BCUT2D eigenvalue weighted by atomic mass is 10.1. The molecule has 0 heterocycles. The normalized spacial score (nSPS) is 12.8. The van der Waals surface area contributed by atoms with E-state index in [1.807, 2.05) is 0 Å². The standard InChI is InChI=1S/C18H40N2/c1-4-14-18(3)20-17-13-11-9-7-6-8-10-12-16-19-15-5-2/h18-20H,4-17H2,1-3H3. The number of unbranched alkanes of at least 4 members (excludes halogenated alkanes) is 7. The lowest BCUT2D eigenvalue weighted by molar-refractivity contribution is 0.484. The summed E-state index contributed by atoms with van der Waals surface area (Å²) in [5.74, 6) is 0. The molecule has 0 saturated carbocycles. The van der Waals surface area contributed by atoms with Gasteiger partial charge in [-0.05, 0) is 52.2 Å². The molecule has 0 amide bonds. The summed E-state index contributed by atoms with van der Waals surface area (Å²) in [5, 5.41) is 7.08. The first-order valence-electron chi connectivity index (χ1n) is 9.25. The molecule has 0 radical (unpaired) electrons. The smallest absolute Gasteiger partial charge is 0.00386 e. The Kier molecular flexibility index (Phi) is 16.9. The molecular formula is C18H40N2. The third-order valence-corrected chi connectivity index (χ3v) is 3.92. The van der Waals surface area contributed by atoms with Gasteiger partial charge < -0.3 is 10.6 Å². The summed E-state index contributed by atoms with van der Waals surface area (Å²) < 4.78 is 0. The van der Waals surface area contributed by atoms with Gasteiger partial charge in [0.2, 0.25) is 0 Å². The third kappa shape index (κ3) is 16.0. The number of rotatable bonds is 16. The summed E-state index contributed by atoms with van der Waals surface area (Å²) in [6.45, 7) is 10.4. The van der Waals surface area contributed by atoms with Crippen molar-refractivity contribution in [1.29, 1.82) is 0 Å². The van der Waals surface area contributed by atoms with Crippen molar-refractivity contribution >= 4 is 0 Å². The van der Waals surface area contributed by atoms with E-state index in [1.165, 1.54) is 90.3 Å². The van der Waals surface area contributed by atoms with Crippen LogP contribution in [0.5, 0.6) is 0 Å². The van der Waals surface area contributed by atoms with Gasteiger partial charge in [-0.3, -0.25) is 0 Å². The molecule has 0 aliphatic heterocycles. The Hall–Kier alpha value is -0.0800. The fourth-order valence-electron chi connectivity index (χ4n) is 2.62. The summed E-state index contributed by atoms with van der Waals surface area (Å²) in [7, 11) is 0. The third-order valence-electron chi connectivity index (χ3n) is 3.92. The molecule has 0 aliphatic rings. The van der Waals surface area contributed by atoms with Crippen molar-refractivity contribution in [3.05, 3.63) is 0 Å². The first-order valence-corrected chi connectivity index (χ1v) is 9.25. The zero-order valence-electron chi connectivity index (χ0n) is 14.5. The molecule has 0 aromatic rings. The Morgan fingerprint density at radius 3 is 1.75 bits per heavy atom. The van der Waals surface area contributed by atoms with E-state index < -0.39 is 0 Å². The molecule has 1 atom stereocenters. The van der Waals surface area contributed by atoms with E-state index >= 15 is 0 Å². The highest BCUT2D eigenvalue weighted by atomic mass is 14.9. The highest BCUT2D eigenvalue weighted by Gasteiger charge is 1.98. The van der Waals surface area contributed by atoms with Gasteiger partial charge in [0, 0.05) is 6.04 Å². The second-order valence-electron chi connectivity index (χ2n) is 6.22. The molecular weight excluding hydrogens is 244 g/mol. The van der Waals surface area contributed by atoms with Crippen LogP contribution in [-0.2, 0) is 0 Å². The van der Waals surface area contributed by atoms with Crippen molar-refractivity contribution in [2.75, 3.05) is 19.6 Å². The van der Waals surface area contributed by atoms with Gasteiger partial charge in [-0.1, -0.05) is 58.8 Å². The predicted octanol–water partition coefficient (Wildman–Crippen LogP) is 4.89. The van der Waals surface area contributed by atoms with Gasteiger partial charge in [0.1, 0.15) is 0 Å². The number of hydrogen-bond acceptors (Lipinski definition) is 2. The molecule has 1 unspecified atom stereocenters. The summed E-state index contributed by atoms with van der Waals surface area (Å²) in [6, 6.07) is 0.710. The molecule has 0 spiro atoms. The highest BCUT2D eigenvalue weighted by molar-refractivity contribution is 4.59. The quantitative estimate of drug-likeness (QED) is 0.395. The molecule has 20 heavy (non-hydrogen) atoms. The van der Waals surface area contributed by atoms with E-state index in [4.69, 9.17) is 0 Å². The van der Waals surface area contributed by atoms with E-state index in [1.54, 1.807) is 0 Å². The topological polar surface area (TPSA) is 24.1 Å². The van der Waals surface area contributed by atoms with Crippen LogP contribution in [0.25, 0.3) is 0 Å². The minimum Gasteiger partial charge on any atom is -0.317 e. The van der Waals surface area contributed by atoms with Crippen LogP contribution in [0, 0.1) is 0 Å². The van der Waals surface area contributed by atoms with Crippen LogP contribution in [-0.4, -0.2) is 25.7 Å². The maximum atomic E-state index is 3.61. The van der Waals surface area contributed by atoms with Crippen molar-refractivity contribution in [2.24, 2.45) is 0 Å². The average molecular weight is 285 g/mol. The largest absolute Gasteiger partial charge is 0.317 e. The molecule has 0 aliphatic carbocycles. The van der Waals surface area contributed by atoms with Crippen molar-refractivity contribution < 1.29 is 0 Å². The van der Waals surface area contributed by atoms with Crippen LogP contribution in [0.3, 0.4) is 0 Å². The fourth-order valence-corrected chi connectivity index (χ4v) is 2.62.